The molecule has 1 saturated heterocycles. The van der Waals surface area contributed by atoms with Crippen molar-refractivity contribution in [3.63, 3.8) is 0 Å². The number of hydrogen-bond acceptors (Lipinski definition) is 11. The van der Waals surface area contributed by atoms with Gasteiger partial charge in [0.25, 0.3) is 0 Å². The zero-order valence-electron chi connectivity index (χ0n) is 14.2. The second kappa shape index (κ2) is 7.93. The third kappa shape index (κ3) is 5.74. The number of aromatic nitrogens is 5. The average Bonchev–Trinajstić information content (AvgIpc) is 3.16. The Balaban J connectivity index is 1.66. The lowest BCUT2D eigenvalue weighted by Crippen LogP contribution is -2.12. The van der Waals surface area contributed by atoms with E-state index in [1.807, 2.05) is 0 Å². The van der Waals surface area contributed by atoms with Gasteiger partial charge in [-0.15, -0.1) is 5.10 Å². The van der Waals surface area contributed by atoms with E-state index in [4.69, 9.17) is 25.2 Å². The zero-order chi connectivity index (χ0) is 21.4. The van der Waals surface area contributed by atoms with Crippen molar-refractivity contribution in [2.75, 3.05) is 5.73 Å². The van der Waals surface area contributed by atoms with E-state index in [2.05, 4.69) is 28.9 Å². The van der Waals surface area contributed by atoms with Crippen LogP contribution in [0.3, 0.4) is 0 Å². The van der Waals surface area contributed by atoms with E-state index < -0.39 is 35.6 Å². The fraction of sp³-hybridized carbons (Fsp3) is 0.400. The van der Waals surface area contributed by atoms with Gasteiger partial charge in [0.2, 0.25) is 0 Å². The number of fused-ring (bicyclic) bond motifs is 1. The van der Waals surface area contributed by atoms with Crippen molar-refractivity contribution in [2.24, 2.45) is 0 Å². The van der Waals surface area contributed by atoms with E-state index in [1.165, 1.54) is 11.0 Å². The summed E-state index contributed by atoms with van der Waals surface area (Å²) in [7, 11) is -15.8. The Bertz CT molecular complexity index is 1080. The summed E-state index contributed by atoms with van der Waals surface area (Å²) in [6, 6.07) is 0. The summed E-state index contributed by atoms with van der Waals surface area (Å²) in [4.78, 5) is 43.6. The Kier molecular flexibility index (Phi) is 6.05. The highest BCUT2D eigenvalue weighted by Crippen LogP contribution is 2.66. The first-order valence-corrected chi connectivity index (χ1v) is 12.3. The summed E-state index contributed by atoms with van der Waals surface area (Å²) in [6.07, 6.45) is 1.80. The summed E-state index contributed by atoms with van der Waals surface area (Å²) in [6.45, 7) is 0. The van der Waals surface area contributed by atoms with Crippen LogP contribution in [0.4, 0.5) is 5.82 Å². The van der Waals surface area contributed by atoms with Gasteiger partial charge in [-0.1, -0.05) is 5.21 Å². The van der Waals surface area contributed by atoms with Crippen LogP contribution in [0.25, 0.3) is 11.2 Å². The minimum Gasteiger partial charge on any atom is -0.382 e. The molecule has 6 N–H and O–H groups in total. The topological polar surface area (TPSA) is 242 Å². The molecule has 0 aromatic carbocycles. The number of nitrogens with two attached hydrogens (primary N) is 1. The first-order chi connectivity index (χ1) is 13.4. The molecule has 3 rings (SSSR count). The lowest BCUT2D eigenvalue weighted by atomic mass is 10.2. The monoisotopic (exact) mass is 472 g/mol. The fourth-order valence-electron chi connectivity index (χ4n) is 2.47. The summed E-state index contributed by atoms with van der Waals surface area (Å²) in [5, 5.41) is 7.78. The van der Waals surface area contributed by atoms with E-state index in [0.29, 0.717) is 24.3 Å². The molecule has 0 spiro atoms. The molecule has 0 saturated carbocycles. The Labute approximate surface area is 161 Å². The molecule has 0 aliphatic carbocycles. The lowest BCUT2D eigenvalue weighted by Gasteiger charge is -2.15. The smallest absolute Gasteiger partial charge is 0.382 e. The number of hydrogen-bond donors (Lipinski definition) is 5. The predicted molar refractivity (Wildman–Crippen MR) is 93.7 cm³/mol. The Morgan fingerprint density at radius 3 is 2.59 bits per heavy atom. The molecule has 29 heavy (non-hydrogen) atoms. The van der Waals surface area contributed by atoms with Crippen molar-refractivity contribution in [1.82, 2.24) is 25.0 Å². The SMILES string of the molecule is Nc1ncnc2c1nnn2[C@H]1CC[C@@H](/C=C/P(=O)(O)OP(=O)(O)OP(=O)(O)O)O1. The van der Waals surface area contributed by atoms with Crippen molar-refractivity contribution in [3.8, 4) is 0 Å². The van der Waals surface area contributed by atoms with E-state index >= 15 is 0 Å². The highest BCUT2D eigenvalue weighted by molar-refractivity contribution is 7.69. The minimum atomic E-state index is -5.50. The van der Waals surface area contributed by atoms with Crippen molar-refractivity contribution in [1.29, 1.82) is 0 Å². The highest BCUT2D eigenvalue weighted by atomic mass is 31.3. The van der Waals surface area contributed by atoms with Crippen molar-refractivity contribution >= 4 is 40.2 Å². The molecule has 16 nitrogen and oxygen atoms in total. The summed E-state index contributed by atoms with van der Waals surface area (Å²) in [5.74, 6) is 0.686. The maximum absolute atomic E-state index is 11.9. The molecule has 19 heteroatoms. The summed E-state index contributed by atoms with van der Waals surface area (Å²) in [5.41, 5.74) is 6.30. The van der Waals surface area contributed by atoms with Crippen LogP contribution < -0.4 is 5.73 Å². The molecule has 1 aliphatic rings. The van der Waals surface area contributed by atoms with E-state index in [9.17, 15) is 18.6 Å². The largest absolute Gasteiger partial charge is 0.488 e. The van der Waals surface area contributed by atoms with Gasteiger partial charge in [-0.3, -0.25) is 4.57 Å². The van der Waals surface area contributed by atoms with Gasteiger partial charge in [-0.05, 0) is 18.9 Å². The first kappa shape index (κ1) is 22.1. The third-order valence-electron chi connectivity index (χ3n) is 3.51. The van der Waals surface area contributed by atoms with E-state index in [0.717, 1.165) is 6.08 Å². The van der Waals surface area contributed by atoms with Crippen LogP contribution in [-0.2, 0) is 27.1 Å². The summed E-state index contributed by atoms with van der Waals surface area (Å²) < 4.78 is 48.3. The zero-order valence-corrected chi connectivity index (χ0v) is 16.9. The van der Waals surface area contributed by atoms with Crippen LogP contribution >= 0.6 is 23.2 Å². The molecule has 1 aliphatic heterocycles. The third-order valence-corrected chi connectivity index (χ3v) is 7.50. The molecular weight excluding hydrogens is 457 g/mol. The standard InChI is InChI=1S/C10H15N6O10P3/c11-9-8-10(13-5-12-9)16(15-14-8)7-2-1-6(24-7)3-4-27(17,18)25-29(22,23)26-28(19,20)21/h3-7H,1-2H2,(H,17,18)(H,22,23)(H2,11,12,13)(H2,19,20,21)/b4-3+/t6-,7+/m0/s1. The Hall–Kier alpha value is -1.57. The number of nitrogen functional groups attached to an aromatic ring is 1. The van der Waals surface area contributed by atoms with Crippen LogP contribution in [0.2, 0.25) is 0 Å². The van der Waals surface area contributed by atoms with Crippen molar-refractivity contribution in [2.45, 2.75) is 25.2 Å². The number of nitrogens with zero attached hydrogens (tertiary/aromatic N) is 5. The van der Waals surface area contributed by atoms with Gasteiger partial charge in [0.05, 0.1) is 6.10 Å². The molecule has 0 radical (unpaired) electrons. The molecule has 0 bridgehead atoms. The van der Waals surface area contributed by atoms with Gasteiger partial charge in [-0.2, -0.15) is 8.99 Å². The molecule has 0 amide bonds. The highest BCUT2D eigenvalue weighted by Gasteiger charge is 2.38. The Morgan fingerprint density at radius 1 is 1.17 bits per heavy atom. The van der Waals surface area contributed by atoms with E-state index in [1.54, 1.807) is 0 Å². The molecule has 4 atom stereocenters. The minimum absolute atomic E-state index is 0.139. The van der Waals surface area contributed by atoms with Gasteiger partial charge < -0.3 is 30.0 Å². The quantitative estimate of drug-likeness (QED) is 0.343. The molecule has 2 aromatic rings. The average molecular weight is 472 g/mol. The van der Waals surface area contributed by atoms with Crippen molar-refractivity contribution < 1.29 is 46.6 Å². The molecule has 2 unspecified atom stereocenters. The lowest BCUT2D eigenvalue weighted by molar-refractivity contribution is 0.0167. The number of ether oxygens (including phenoxy) is 1. The molecule has 2 aromatic heterocycles. The predicted octanol–water partition coefficient (Wildman–Crippen LogP) is 0.406. The molecular formula is C10H15N6O10P3. The number of anilines is 1. The Morgan fingerprint density at radius 2 is 1.90 bits per heavy atom. The molecule has 160 valence electrons. The van der Waals surface area contributed by atoms with E-state index in [-0.39, 0.29) is 11.3 Å². The van der Waals surface area contributed by atoms with Crippen LogP contribution in [0.1, 0.15) is 19.1 Å². The fourth-order valence-corrected chi connectivity index (χ4v) is 5.74. The van der Waals surface area contributed by atoms with Crippen LogP contribution in [0, 0.1) is 0 Å². The second-order valence-electron chi connectivity index (χ2n) is 5.70. The summed E-state index contributed by atoms with van der Waals surface area (Å²) >= 11 is 0. The number of rotatable bonds is 7. The molecule has 1 fully saturated rings. The van der Waals surface area contributed by atoms with Crippen molar-refractivity contribution in [3.05, 3.63) is 18.2 Å². The van der Waals surface area contributed by atoms with Gasteiger partial charge in [0.15, 0.2) is 23.2 Å². The molecule has 3 heterocycles. The first-order valence-electron chi connectivity index (χ1n) is 7.65. The number of phosphoric acid groups is 2. The van der Waals surface area contributed by atoms with Crippen LogP contribution in [0.5, 0.6) is 0 Å². The van der Waals surface area contributed by atoms with Gasteiger partial charge in [-0.25, -0.2) is 23.4 Å². The normalized spacial score (nSPS) is 24.7. The maximum Gasteiger partial charge on any atom is 0.488 e. The van der Waals surface area contributed by atoms with Gasteiger partial charge >= 0.3 is 23.2 Å². The maximum atomic E-state index is 11.9. The van der Waals surface area contributed by atoms with Crippen LogP contribution in [0.15, 0.2) is 18.2 Å². The van der Waals surface area contributed by atoms with Gasteiger partial charge in [0, 0.05) is 5.82 Å². The van der Waals surface area contributed by atoms with Crippen LogP contribution in [-0.4, -0.2) is 50.6 Å². The van der Waals surface area contributed by atoms with Gasteiger partial charge in [0.1, 0.15) is 6.33 Å². The second-order valence-corrected chi connectivity index (χ2v) is 10.4.